The first-order valence-electron chi connectivity index (χ1n) is 9.87. The van der Waals surface area contributed by atoms with E-state index in [1.807, 2.05) is 0 Å². The standard InChI is InChI=1S/C21H33NO2/c1-17(14-18-8-3-2-4-9-18)22-15-19-10-5-6-12-21(19)24-16-20-11-7-13-23-20/h5-6,10,12,17-18,20,22H,2-4,7-9,11,13-16H2,1H3. The van der Waals surface area contributed by atoms with Gasteiger partial charge >= 0.3 is 0 Å². The molecule has 1 aliphatic heterocycles. The van der Waals surface area contributed by atoms with E-state index in [0.717, 1.165) is 37.7 Å². The van der Waals surface area contributed by atoms with Crippen LogP contribution in [0.2, 0.25) is 0 Å². The Morgan fingerprint density at radius 2 is 1.96 bits per heavy atom. The molecule has 0 radical (unpaired) electrons. The Balaban J connectivity index is 1.45. The number of hydrogen-bond donors (Lipinski definition) is 1. The number of nitrogens with one attached hydrogen (secondary N) is 1. The first kappa shape index (κ1) is 17.8. The summed E-state index contributed by atoms with van der Waals surface area (Å²) in [6.07, 6.45) is 11.0. The molecule has 134 valence electrons. The Morgan fingerprint density at radius 1 is 1.12 bits per heavy atom. The van der Waals surface area contributed by atoms with Gasteiger partial charge in [-0.05, 0) is 38.2 Å². The summed E-state index contributed by atoms with van der Waals surface area (Å²) in [6, 6.07) is 8.98. The van der Waals surface area contributed by atoms with Crippen molar-refractivity contribution in [3.63, 3.8) is 0 Å². The zero-order valence-electron chi connectivity index (χ0n) is 15.1. The first-order chi connectivity index (χ1) is 11.8. The maximum atomic E-state index is 6.04. The monoisotopic (exact) mass is 331 g/mol. The summed E-state index contributed by atoms with van der Waals surface area (Å²) in [4.78, 5) is 0. The van der Waals surface area contributed by atoms with Gasteiger partial charge in [-0.1, -0.05) is 50.3 Å². The van der Waals surface area contributed by atoms with Crippen LogP contribution in [0.1, 0.15) is 63.9 Å². The molecule has 1 aliphatic carbocycles. The molecule has 0 aromatic heterocycles. The maximum absolute atomic E-state index is 6.04. The van der Waals surface area contributed by atoms with Crippen LogP contribution < -0.4 is 10.1 Å². The maximum Gasteiger partial charge on any atom is 0.123 e. The summed E-state index contributed by atoms with van der Waals surface area (Å²) >= 11 is 0. The minimum Gasteiger partial charge on any atom is -0.491 e. The molecule has 3 rings (SSSR count). The van der Waals surface area contributed by atoms with Gasteiger partial charge in [-0.2, -0.15) is 0 Å². The van der Waals surface area contributed by atoms with Crippen molar-refractivity contribution in [3.05, 3.63) is 29.8 Å². The molecular weight excluding hydrogens is 298 g/mol. The molecule has 1 saturated carbocycles. The van der Waals surface area contributed by atoms with Crippen molar-refractivity contribution < 1.29 is 9.47 Å². The Labute approximate surface area is 147 Å². The lowest BCUT2D eigenvalue weighted by atomic mass is 9.85. The lowest BCUT2D eigenvalue weighted by Gasteiger charge is -2.25. The zero-order valence-corrected chi connectivity index (χ0v) is 15.1. The first-order valence-corrected chi connectivity index (χ1v) is 9.87. The fraction of sp³-hybridized carbons (Fsp3) is 0.714. The molecule has 3 heteroatoms. The van der Waals surface area contributed by atoms with Gasteiger partial charge in [-0.25, -0.2) is 0 Å². The largest absolute Gasteiger partial charge is 0.491 e. The van der Waals surface area contributed by atoms with Crippen LogP contribution in [0.3, 0.4) is 0 Å². The van der Waals surface area contributed by atoms with E-state index in [0.29, 0.717) is 12.6 Å². The van der Waals surface area contributed by atoms with E-state index in [-0.39, 0.29) is 6.10 Å². The molecule has 2 aliphatic rings. The molecule has 1 aromatic carbocycles. The fourth-order valence-corrected chi connectivity index (χ4v) is 4.04. The second kappa shape index (κ2) is 9.43. The summed E-state index contributed by atoms with van der Waals surface area (Å²) in [5.74, 6) is 1.93. The van der Waals surface area contributed by atoms with Crippen LogP contribution in [0.5, 0.6) is 5.75 Å². The minimum atomic E-state index is 0.274. The molecule has 0 bridgehead atoms. The van der Waals surface area contributed by atoms with Crippen molar-refractivity contribution >= 4 is 0 Å². The van der Waals surface area contributed by atoms with Gasteiger partial charge in [0, 0.05) is 24.8 Å². The van der Waals surface area contributed by atoms with Gasteiger partial charge in [-0.15, -0.1) is 0 Å². The van der Waals surface area contributed by atoms with Gasteiger partial charge in [0.25, 0.3) is 0 Å². The molecule has 1 N–H and O–H groups in total. The van der Waals surface area contributed by atoms with Crippen LogP contribution in [0.15, 0.2) is 24.3 Å². The van der Waals surface area contributed by atoms with E-state index in [9.17, 15) is 0 Å². The highest BCUT2D eigenvalue weighted by Gasteiger charge is 2.18. The van der Waals surface area contributed by atoms with Gasteiger partial charge < -0.3 is 14.8 Å². The molecule has 0 amide bonds. The summed E-state index contributed by atoms with van der Waals surface area (Å²) in [5.41, 5.74) is 1.26. The zero-order chi connectivity index (χ0) is 16.6. The third-order valence-corrected chi connectivity index (χ3v) is 5.47. The number of hydrogen-bond acceptors (Lipinski definition) is 3. The summed E-state index contributed by atoms with van der Waals surface area (Å²) < 4.78 is 11.7. The van der Waals surface area contributed by atoms with E-state index >= 15 is 0 Å². The lowest BCUT2D eigenvalue weighted by molar-refractivity contribution is 0.0675. The summed E-state index contributed by atoms with van der Waals surface area (Å²) in [7, 11) is 0. The highest BCUT2D eigenvalue weighted by molar-refractivity contribution is 5.33. The van der Waals surface area contributed by atoms with Gasteiger partial charge in [0.05, 0.1) is 6.10 Å². The molecular formula is C21H33NO2. The van der Waals surface area contributed by atoms with Gasteiger partial charge in [0.1, 0.15) is 12.4 Å². The highest BCUT2D eigenvalue weighted by Crippen LogP contribution is 2.27. The molecule has 2 fully saturated rings. The Morgan fingerprint density at radius 3 is 2.75 bits per heavy atom. The van der Waals surface area contributed by atoms with Gasteiger partial charge in [0.2, 0.25) is 0 Å². The average molecular weight is 332 g/mol. The SMILES string of the molecule is CC(CC1CCCCC1)NCc1ccccc1OCC1CCCO1. The predicted molar refractivity (Wildman–Crippen MR) is 98.4 cm³/mol. The number of para-hydroxylation sites is 1. The number of ether oxygens (including phenoxy) is 2. The van der Waals surface area contributed by atoms with Crippen LogP contribution in [-0.2, 0) is 11.3 Å². The molecule has 2 unspecified atom stereocenters. The molecule has 1 saturated heterocycles. The second-order valence-electron chi connectivity index (χ2n) is 7.58. The molecule has 24 heavy (non-hydrogen) atoms. The van der Waals surface area contributed by atoms with Crippen molar-refractivity contribution in [1.29, 1.82) is 0 Å². The molecule has 0 spiro atoms. The highest BCUT2D eigenvalue weighted by atomic mass is 16.5. The number of benzene rings is 1. The fourth-order valence-electron chi connectivity index (χ4n) is 4.04. The molecule has 3 nitrogen and oxygen atoms in total. The van der Waals surface area contributed by atoms with Crippen molar-refractivity contribution in [1.82, 2.24) is 5.32 Å². The normalized spacial score (nSPS) is 23.3. The van der Waals surface area contributed by atoms with E-state index in [1.165, 1.54) is 44.1 Å². The third-order valence-electron chi connectivity index (χ3n) is 5.47. The predicted octanol–water partition coefficient (Wildman–Crippen LogP) is 4.69. The Kier molecular flexibility index (Phi) is 6.98. The van der Waals surface area contributed by atoms with E-state index in [2.05, 4.69) is 36.5 Å². The molecule has 1 heterocycles. The second-order valence-corrected chi connectivity index (χ2v) is 7.58. The van der Waals surface area contributed by atoms with Crippen LogP contribution >= 0.6 is 0 Å². The molecule has 2 atom stereocenters. The van der Waals surface area contributed by atoms with E-state index in [4.69, 9.17) is 9.47 Å². The minimum absolute atomic E-state index is 0.274. The smallest absolute Gasteiger partial charge is 0.123 e. The van der Waals surface area contributed by atoms with Gasteiger partial charge in [0.15, 0.2) is 0 Å². The summed E-state index contributed by atoms with van der Waals surface area (Å²) in [6.45, 7) is 4.77. The van der Waals surface area contributed by atoms with E-state index in [1.54, 1.807) is 0 Å². The van der Waals surface area contributed by atoms with Crippen molar-refractivity contribution in [3.8, 4) is 5.75 Å². The van der Waals surface area contributed by atoms with Crippen LogP contribution in [0, 0.1) is 5.92 Å². The van der Waals surface area contributed by atoms with E-state index < -0.39 is 0 Å². The topological polar surface area (TPSA) is 30.5 Å². The quantitative estimate of drug-likeness (QED) is 0.749. The van der Waals surface area contributed by atoms with Crippen LogP contribution in [0.25, 0.3) is 0 Å². The van der Waals surface area contributed by atoms with Crippen LogP contribution in [0.4, 0.5) is 0 Å². The Bertz CT molecular complexity index is 478. The van der Waals surface area contributed by atoms with Crippen molar-refractivity contribution in [2.45, 2.75) is 77.0 Å². The van der Waals surface area contributed by atoms with Gasteiger partial charge in [-0.3, -0.25) is 0 Å². The lowest BCUT2D eigenvalue weighted by Crippen LogP contribution is -2.29. The van der Waals surface area contributed by atoms with Crippen molar-refractivity contribution in [2.75, 3.05) is 13.2 Å². The Hall–Kier alpha value is -1.06. The average Bonchev–Trinajstić information content (AvgIpc) is 3.13. The molecule has 1 aromatic rings. The van der Waals surface area contributed by atoms with Crippen LogP contribution in [-0.4, -0.2) is 25.4 Å². The summed E-state index contributed by atoms with van der Waals surface area (Å²) in [5, 5.41) is 3.70. The third kappa shape index (κ3) is 5.49. The number of rotatable bonds is 8. The van der Waals surface area contributed by atoms with Crippen molar-refractivity contribution in [2.24, 2.45) is 5.92 Å².